The van der Waals surface area contributed by atoms with E-state index in [1.54, 1.807) is 12.1 Å². The lowest BCUT2D eigenvalue weighted by Gasteiger charge is -1.99. The summed E-state index contributed by atoms with van der Waals surface area (Å²) in [5, 5.41) is 3.35. The van der Waals surface area contributed by atoms with E-state index in [4.69, 9.17) is 4.42 Å². The highest BCUT2D eigenvalue weighted by atomic mass is 16.4. The van der Waals surface area contributed by atoms with E-state index >= 15 is 0 Å². The molecule has 0 aliphatic rings. The Balaban J connectivity index is 0.000000129. The van der Waals surface area contributed by atoms with Gasteiger partial charge in [0.15, 0.2) is 0 Å². The number of nitrogens with zero attached hydrogens (tertiary/aromatic N) is 1. The number of benzene rings is 3. The molecule has 0 atom stereocenters. The molecule has 0 spiro atoms. The van der Waals surface area contributed by atoms with Crippen LogP contribution in [0.2, 0.25) is 0 Å². The van der Waals surface area contributed by atoms with Crippen LogP contribution in [0.4, 0.5) is 0 Å². The first-order valence-electron chi connectivity index (χ1n) is 8.03. The van der Waals surface area contributed by atoms with Gasteiger partial charge in [0.2, 0.25) is 0 Å². The molecule has 0 N–H and O–H groups in total. The van der Waals surface area contributed by atoms with Gasteiger partial charge in [0.1, 0.15) is 5.58 Å². The van der Waals surface area contributed by atoms with Gasteiger partial charge >= 0.3 is 5.63 Å². The summed E-state index contributed by atoms with van der Waals surface area (Å²) in [6, 6.07) is 29.2. The van der Waals surface area contributed by atoms with Crippen LogP contribution in [0, 0.1) is 0 Å². The molecule has 0 unspecified atom stereocenters. The molecule has 0 aliphatic carbocycles. The molecule has 5 rings (SSSR count). The molecule has 0 bridgehead atoms. The van der Waals surface area contributed by atoms with Crippen molar-refractivity contribution in [2.75, 3.05) is 0 Å². The molecule has 3 aromatic carbocycles. The van der Waals surface area contributed by atoms with Crippen LogP contribution in [0.1, 0.15) is 0 Å². The van der Waals surface area contributed by atoms with E-state index in [0.29, 0.717) is 5.58 Å². The Bertz CT molecular complexity index is 1120. The van der Waals surface area contributed by atoms with Crippen molar-refractivity contribution < 1.29 is 4.42 Å². The second-order valence-corrected chi connectivity index (χ2v) is 5.67. The fourth-order valence-electron chi connectivity index (χ4n) is 2.73. The van der Waals surface area contributed by atoms with E-state index in [-0.39, 0.29) is 5.63 Å². The highest BCUT2D eigenvalue weighted by Crippen LogP contribution is 2.18. The maximum Gasteiger partial charge on any atom is 0.336 e. The Hall–Kier alpha value is -3.46. The summed E-state index contributed by atoms with van der Waals surface area (Å²) in [4.78, 5) is 15.3. The van der Waals surface area contributed by atoms with E-state index in [2.05, 4.69) is 23.2 Å². The molecule has 25 heavy (non-hydrogen) atoms. The van der Waals surface area contributed by atoms with Gasteiger partial charge in [0.05, 0.1) is 11.0 Å². The van der Waals surface area contributed by atoms with E-state index in [1.165, 1.54) is 16.8 Å². The predicted octanol–water partition coefficient (Wildman–Crippen LogP) is 5.18. The first kappa shape index (κ1) is 15.1. The number of fused-ring (bicyclic) bond motifs is 3. The van der Waals surface area contributed by atoms with Gasteiger partial charge < -0.3 is 4.42 Å². The quantitative estimate of drug-likeness (QED) is 0.291. The van der Waals surface area contributed by atoms with Crippen LogP contribution < -0.4 is 5.63 Å². The molecule has 0 aliphatic heterocycles. The summed E-state index contributed by atoms with van der Waals surface area (Å²) in [6.45, 7) is 0. The average molecular weight is 325 g/mol. The lowest BCUT2D eigenvalue weighted by Crippen LogP contribution is -1.93. The minimum absolute atomic E-state index is 0.302. The zero-order chi connectivity index (χ0) is 17.1. The third kappa shape index (κ3) is 3.26. The molecule has 3 heteroatoms. The molecule has 0 saturated heterocycles. The average Bonchev–Trinajstić information content (AvgIpc) is 2.66. The van der Waals surface area contributed by atoms with Crippen LogP contribution in [0.5, 0.6) is 0 Å². The molecule has 2 heterocycles. The van der Waals surface area contributed by atoms with Crippen LogP contribution in [-0.2, 0) is 0 Å². The number of pyridine rings is 1. The molecule has 2 aromatic heterocycles. The number of aromatic nitrogens is 1. The van der Waals surface area contributed by atoms with Gasteiger partial charge in [-0.3, -0.25) is 0 Å². The van der Waals surface area contributed by atoms with Gasteiger partial charge in [-0.15, -0.1) is 0 Å². The molecule has 0 amide bonds. The molecular formula is C22H15NO2. The smallest absolute Gasteiger partial charge is 0.336 e. The van der Waals surface area contributed by atoms with Gasteiger partial charge in [-0.05, 0) is 30.3 Å². The van der Waals surface area contributed by atoms with Crippen molar-refractivity contribution in [1.82, 2.24) is 4.98 Å². The maximum atomic E-state index is 10.7. The van der Waals surface area contributed by atoms with E-state index in [1.807, 2.05) is 54.6 Å². The Morgan fingerprint density at radius 1 is 0.600 bits per heavy atom. The summed E-state index contributed by atoms with van der Waals surface area (Å²) in [5.41, 5.74) is 2.46. The van der Waals surface area contributed by atoms with Crippen molar-refractivity contribution >= 4 is 32.8 Å². The van der Waals surface area contributed by atoms with Crippen LogP contribution in [0.15, 0.2) is 100 Å². The van der Waals surface area contributed by atoms with Gasteiger partial charge in [0.25, 0.3) is 0 Å². The van der Waals surface area contributed by atoms with Gasteiger partial charge in [-0.25, -0.2) is 9.78 Å². The number of para-hydroxylation sites is 3. The van der Waals surface area contributed by atoms with E-state index in [9.17, 15) is 4.79 Å². The largest absolute Gasteiger partial charge is 0.423 e. The normalized spacial score (nSPS) is 10.6. The first-order valence-corrected chi connectivity index (χ1v) is 8.03. The summed E-state index contributed by atoms with van der Waals surface area (Å²) < 4.78 is 4.91. The Morgan fingerprint density at radius 2 is 1.16 bits per heavy atom. The van der Waals surface area contributed by atoms with Crippen LogP contribution in [-0.4, -0.2) is 4.98 Å². The number of hydrogen-bond acceptors (Lipinski definition) is 3. The van der Waals surface area contributed by atoms with Crippen LogP contribution in [0.3, 0.4) is 0 Å². The number of hydrogen-bond donors (Lipinski definition) is 0. The molecule has 0 fully saturated rings. The summed E-state index contributed by atoms with van der Waals surface area (Å²) in [5.74, 6) is 0. The van der Waals surface area contributed by atoms with Crippen molar-refractivity contribution in [3.8, 4) is 0 Å². The maximum absolute atomic E-state index is 10.7. The standard InChI is InChI=1S/C13H9N.C9H6O2/c1-3-7-12-10(5-1)9-11-6-2-4-8-13(11)14-12;10-9-6-5-7-3-1-2-4-8(7)11-9/h1-9H;1-6H. The van der Waals surface area contributed by atoms with Gasteiger partial charge in [0, 0.05) is 22.2 Å². The lowest BCUT2D eigenvalue weighted by molar-refractivity contribution is 0.561. The topological polar surface area (TPSA) is 43.1 Å². The molecule has 3 nitrogen and oxygen atoms in total. The van der Waals surface area contributed by atoms with E-state index in [0.717, 1.165) is 16.4 Å². The fraction of sp³-hybridized carbons (Fsp3) is 0. The highest BCUT2D eigenvalue weighted by Gasteiger charge is 1.96. The zero-order valence-corrected chi connectivity index (χ0v) is 13.4. The summed E-state index contributed by atoms with van der Waals surface area (Å²) in [6.07, 6.45) is 0. The Kier molecular flexibility index (Phi) is 3.97. The monoisotopic (exact) mass is 325 g/mol. The molecule has 5 aromatic rings. The molecule has 120 valence electrons. The first-order chi connectivity index (χ1) is 12.3. The van der Waals surface area contributed by atoms with Crippen molar-refractivity contribution in [2.24, 2.45) is 0 Å². The Labute approximate surface area is 144 Å². The SMILES string of the molecule is O=c1ccc2ccccc2o1.c1ccc2nc3ccccc3cc2c1. The summed E-state index contributed by atoms with van der Waals surface area (Å²) >= 11 is 0. The van der Waals surface area contributed by atoms with Crippen LogP contribution in [0.25, 0.3) is 32.8 Å². The van der Waals surface area contributed by atoms with Gasteiger partial charge in [-0.2, -0.15) is 0 Å². The van der Waals surface area contributed by atoms with Crippen molar-refractivity contribution in [3.05, 3.63) is 101 Å². The highest BCUT2D eigenvalue weighted by molar-refractivity contribution is 5.92. The Morgan fingerprint density at radius 3 is 1.84 bits per heavy atom. The predicted molar refractivity (Wildman–Crippen MR) is 102 cm³/mol. The molecule has 0 saturated carbocycles. The second-order valence-electron chi connectivity index (χ2n) is 5.67. The molecular weight excluding hydrogens is 310 g/mol. The lowest BCUT2D eigenvalue weighted by atomic mass is 10.1. The van der Waals surface area contributed by atoms with Crippen molar-refractivity contribution in [1.29, 1.82) is 0 Å². The summed E-state index contributed by atoms with van der Waals surface area (Å²) in [7, 11) is 0. The number of rotatable bonds is 0. The van der Waals surface area contributed by atoms with Crippen molar-refractivity contribution in [3.63, 3.8) is 0 Å². The minimum Gasteiger partial charge on any atom is -0.423 e. The third-order valence-electron chi connectivity index (χ3n) is 3.95. The van der Waals surface area contributed by atoms with Crippen LogP contribution >= 0.6 is 0 Å². The van der Waals surface area contributed by atoms with E-state index < -0.39 is 0 Å². The molecule has 0 radical (unpaired) electrons. The minimum atomic E-state index is -0.302. The second kappa shape index (κ2) is 6.57. The van der Waals surface area contributed by atoms with Crippen molar-refractivity contribution in [2.45, 2.75) is 0 Å². The zero-order valence-electron chi connectivity index (χ0n) is 13.4. The fourth-order valence-corrected chi connectivity index (χ4v) is 2.73. The third-order valence-corrected chi connectivity index (χ3v) is 3.95. The van der Waals surface area contributed by atoms with Gasteiger partial charge in [-0.1, -0.05) is 54.6 Å².